The van der Waals surface area contributed by atoms with E-state index in [1.165, 1.54) is 13.2 Å². The van der Waals surface area contributed by atoms with E-state index in [0.717, 1.165) is 0 Å². The number of anilines is 1. The number of ether oxygens (including phenoxy) is 3. The van der Waals surface area contributed by atoms with E-state index in [2.05, 4.69) is 5.32 Å². The zero-order valence-corrected chi connectivity index (χ0v) is 14.0. The molecule has 0 saturated heterocycles. The summed E-state index contributed by atoms with van der Waals surface area (Å²) in [5.41, 5.74) is 0.960. The van der Waals surface area contributed by atoms with E-state index in [1.807, 2.05) is 6.07 Å². The number of amides is 1. The lowest BCUT2D eigenvalue weighted by atomic mass is 10.1. The van der Waals surface area contributed by atoms with E-state index in [9.17, 15) is 10.1 Å². The lowest BCUT2D eigenvalue weighted by Gasteiger charge is -2.10. The number of halogens is 1. The van der Waals surface area contributed by atoms with Crippen LogP contribution in [0, 0.1) is 11.3 Å². The molecule has 0 fully saturated rings. The van der Waals surface area contributed by atoms with Gasteiger partial charge in [0.25, 0.3) is 5.91 Å². The van der Waals surface area contributed by atoms with Gasteiger partial charge in [0, 0.05) is 5.02 Å². The first kappa shape index (κ1) is 16.7. The maximum Gasteiger partial charge on any atom is 0.266 e. The van der Waals surface area contributed by atoms with Gasteiger partial charge in [-0.05, 0) is 42.0 Å². The van der Waals surface area contributed by atoms with Crippen LogP contribution in [-0.2, 0) is 4.79 Å². The van der Waals surface area contributed by atoms with Crippen molar-refractivity contribution in [2.24, 2.45) is 0 Å². The maximum absolute atomic E-state index is 12.4. The highest BCUT2D eigenvalue weighted by Gasteiger charge is 2.15. The van der Waals surface area contributed by atoms with Crippen molar-refractivity contribution in [3.05, 3.63) is 52.6 Å². The summed E-state index contributed by atoms with van der Waals surface area (Å²) in [4.78, 5) is 12.4. The van der Waals surface area contributed by atoms with Crippen molar-refractivity contribution in [1.29, 1.82) is 5.26 Å². The van der Waals surface area contributed by atoms with Crippen molar-refractivity contribution in [2.45, 2.75) is 0 Å². The average Bonchev–Trinajstić information content (AvgIpc) is 3.07. The van der Waals surface area contributed by atoms with E-state index in [-0.39, 0.29) is 12.4 Å². The monoisotopic (exact) mass is 356 g/mol. The van der Waals surface area contributed by atoms with Crippen LogP contribution < -0.4 is 19.5 Å². The number of methoxy groups -OCH3 is 1. The molecule has 2 aromatic rings. The van der Waals surface area contributed by atoms with Crippen LogP contribution in [0.1, 0.15) is 5.56 Å². The van der Waals surface area contributed by atoms with Crippen LogP contribution in [0.25, 0.3) is 6.08 Å². The van der Waals surface area contributed by atoms with Crippen LogP contribution in [0.3, 0.4) is 0 Å². The molecule has 1 N–H and O–H groups in total. The summed E-state index contributed by atoms with van der Waals surface area (Å²) in [5.74, 6) is 1.07. The van der Waals surface area contributed by atoms with Crippen LogP contribution in [0.4, 0.5) is 5.69 Å². The molecule has 0 bridgehead atoms. The summed E-state index contributed by atoms with van der Waals surface area (Å²) in [6.45, 7) is 0.155. The Hall–Kier alpha value is -3.17. The van der Waals surface area contributed by atoms with Gasteiger partial charge in [0.1, 0.15) is 17.4 Å². The third kappa shape index (κ3) is 3.67. The fraction of sp³-hybridized carbons (Fsp3) is 0.111. The molecular formula is C18H13ClN2O4. The van der Waals surface area contributed by atoms with Crippen molar-refractivity contribution in [2.75, 3.05) is 19.2 Å². The number of benzene rings is 2. The predicted octanol–water partition coefficient (Wildman–Crippen LogP) is 3.62. The minimum Gasteiger partial charge on any atom is -0.495 e. The van der Waals surface area contributed by atoms with Crippen LogP contribution in [0.15, 0.2) is 42.0 Å². The second-order valence-electron chi connectivity index (χ2n) is 5.08. The Balaban J connectivity index is 1.85. The largest absolute Gasteiger partial charge is 0.495 e. The Morgan fingerprint density at radius 3 is 2.84 bits per heavy atom. The first-order chi connectivity index (χ1) is 12.1. The fourth-order valence-electron chi connectivity index (χ4n) is 2.29. The molecule has 0 unspecified atom stereocenters. The van der Waals surface area contributed by atoms with Gasteiger partial charge in [0.2, 0.25) is 6.79 Å². The number of nitrogens with zero attached hydrogens (tertiary/aromatic N) is 1. The number of carbonyl (C=O) groups excluding carboxylic acids is 1. The minimum absolute atomic E-state index is 0.0686. The van der Waals surface area contributed by atoms with E-state index in [0.29, 0.717) is 33.5 Å². The van der Waals surface area contributed by atoms with Crippen molar-refractivity contribution in [1.82, 2.24) is 0 Å². The molecule has 0 saturated carbocycles. The lowest BCUT2D eigenvalue weighted by Crippen LogP contribution is -2.14. The summed E-state index contributed by atoms with van der Waals surface area (Å²) >= 11 is 5.94. The molecule has 0 spiro atoms. The van der Waals surface area contributed by atoms with Crippen LogP contribution in [0.2, 0.25) is 5.02 Å². The topological polar surface area (TPSA) is 80.6 Å². The molecule has 7 heteroatoms. The van der Waals surface area contributed by atoms with Crippen LogP contribution in [0.5, 0.6) is 17.2 Å². The molecule has 0 radical (unpaired) electrons. The summed E-state index contributed by atoms with van der Waals surface area (Å²) in [5, 5.41) is 12.4. The zero-order valence-electron chi connectivity index (χ0n) is 13.2. The quantitative estimate of drug-likeness (QED) is 0.668. The standard InChI is InChI=1S/C18H13ClN2O4/c1-23-15-5-3-13(19)8-14(15)21-18(22)12(9-20)6-11-2-4-16-17(7-11)25-10-24-16/h2-8H,10H2,1H3,(H,21,22). The SMILES string of the molecule is COc1ccc(Cl)cc1NC(=O)C(C#N)=Cc1ccc2c(c1)OCO2. The second-order valence-corrected chi connectivity index (χ2v) is 5.52. The van der Waals surface area contributed by atoms with Gasteiger partial charge < -0.3 is 19.5 Å². The van der Waals surface area contributed by atoms with Crippen molar-refractivity contribution >= 4 is 29.3 Å². The Labute approximate surface area is 149 Å². The van der Waals surface area contributed by atoms with E-state index in [4.69, 9.17) is 25.8 Å². The van der Waals surface area contributed by atoms with Crippen molar-refractivity contribution in [3.63, 3.8) is 0 Å². The number of nitrogens with one attached hydrogen (secondary N) is 1. The van der Waals surface area contributed by atoms with Crippen molar-refractivity contribution in [3.8, 4) is 23.3 Å². The molecule has 0 aliphatic carbocycles. The first-order valence-corrected chi connectivity index (χ1v) is 7.65. The molecule has 0 aromatic heterocycles. The molecule has 25 heavy (non-hydrogen) atoms. The molecule has 1 heterocycles. The molecule has 3 rings (SSSR count). The number of rotatable bonds is 4. The van der Waals surface area contributed by atoms with E-state index >= 15 is 0 Å². The van der Waals surface area contributed by atoms with Gasteiger partial charge in [-0.1, -0.05) is 17.7 Å². The number of carbonyl (C=O) groups is 1. The molecule has 126 valence electrons. The Kier molecular flexibility index (Phi) is 4.78. The highest BCUT2D eigenvalue weighted by atomic mass is 35.5. The zero-order chi connectivity index (χ0) is 17.8. The number of hydrogen-bond donors (Lipinski definition) is 1. The fourth-order valence-corrected chi connectivity index (χ4v) is 2.46. The van der Waals surface area contributed by atoms with Gasteiger partial charge in [0.05, 0.1) is 12.8 Å². The van der Waals surface area contributed by atoms with Gasteiger partial charge in [-0.25, -0.2) is 0 Å². The smallest absolute Gasteiger partial charge is 0.266 e. The summed E-state index contributed by atoms with van der Waals surface area (Å²) < 4.78 is 15.7. The van der Waals surface area contributed by atoms with E-state index < -0.39 is 5.91 Å². The van der Waals surface area contributed by atoms with Gasteiger partial charge >= 0.3 is 0 Å². The number of fused-ring (bicyclic) bond motifs is 1. The van der Waals surface area contributed by atoms with Gasteiger partial charge in [-0.15, -0.1) is 0 Å². The Morgan fingerprint density at radius 2 is 2.08 bits per heavy atom. The Morgan fingerprint density at radius 1 is 1.28 bits per heavy atom. The predicted molar refractivity (Wildman–Crippen MR) is 92.8 cm³/mol. The lowest BCUT2D eigenvalue weighted by molar-refractivity contribution is -0.112. The normalized spacial score (nSPS) is 12.4. The van der Waals surface area contributed by atoms with Crippen LogP contribution in [-0.4, -0.2) is 19.8 Å². The maximum atomic E-state index is 12.4. The molecule has 0 atom stereocenters. The summed E-state index contributed by atoms with van der Waals surface area (Å²) in [7, 11) is 1.48. The average molecular weight is 357 g/mol. The highest BCUT2D eigenvalue weighted by molar-refractivity contribution is 6.31. The van der Waals surface area contributed by atoms with Gasteiger partial charge in [0.15, 0.2) is 11.5 Å². The highest BCUT2D eigenvalue weighted by Crippen LogP contribution is 2.33. The first-order valence-electron chi connectivity index (χ1n) is 7.27. The van der Waals surface area contributed by atoms with Crippen LogP contribution >= 0.6 is 11.6 Å². The molecule has 1 amide bonds. The van der Waals surface area contributed by atoms with Gasteiger partial charge in [-0.3, -0.25) is 4.79 Å². The molecule has 1 aliphatic rings. The number of nitriles is 1. The molecule has 1 aliphatic heterocycles. The minimum atomic E-state index is -0.569. The summed E-state index contributed by atoms with van der Waals surface area (Å²) in [6.07, 6.45) is 1.47. The third-order valence-electron chi connectivity index (χ3n) is 3.48. The molecule has 2 aromatic carbocycles. The van der Waals surface area contributed by atoms with E-state index in [1.54, 1.807) is 36.4 Å². The summed E-state index contributed by atoms with van der Waals surface area (Å²) in [6, 6.07) is 11.9. The molecular weight excluding hydrogens is 344 g/mol. The van der Waals surface area contributed by atoms with Crippen molar-refractivity contribution < 1.29 is 19.0 Å². The van der Waals surface area contributed by atoms with Gasteiger partial charge in [-0.2, -0.15) is 5.26 Å². The number of hydrogen-bond acceptors (Lipinski definition) is 5. The third-order valence-corrected chi connectivity index (χ3v) is 3.72. The Bertz CT molecular complexity index is 902. The molecule has 6 nitrogen and oxygen atoms in total. The second kappa shape index (κ2) is 7.16.